The number of aromatic nitrogens is 8. The first kappa shape index (κ1) is 20.5. The summed E-state index contributed by atoms with van der Waals surface area (Å²) < 4.78 is 14.8. The lowest BCUT2D eigenvalue weighted by atomic mass is 9.72. The molecule has 170 valence electrons. The van der Waals surface area contributed by atoms with Gasteiger partial charge in [0, 0.05) is 35.7 Å². The van der Waals surface area contributed by atoms with E-state index in [-0.39, 0.29) is 29.0 Å². The average Bonchev–Trinajstić information content (AvgIpc) is 3.60. The number of hydrogen-bond donors (Lipinski definition) is 1. The van der Waals surface area contributed by atoms with Gasteiger partial charge in [0.2, 0.25) is 0 Å². The highest BCUT2D eigenvalue weighted by atomic mass is 19.1. The summed E-state index contributed by atoms with van der Waals surface area (Å²) in [5, 5.41) is 14.2. The Bertz CT molecular complexity index is 1480. The van der Waals surface area contributed by atoms with Crippen molar-refractivity contribution in [3.05, 3.63) is 69.7 Å². The molecule has 10 nitrogen and oxygen atoms in total. The van der Waals surface area contributed by atoms with E-state index in [4.69, 9.17) is 4.98 Å². The van der Waals surface area contributed by atoms with Gasteiger partial charge < -0.3 is 4.98 Å². The number of rotatable bonds is 5. The van der Waals surface area contributed by atoms with Crippen LogP contribution in [0.5, 0.6) is 0 Å². The largest absolute Gasteiger partial charge is 0.310 e. The molecule has 11 heteroatoms. The fraction of sp³-hybridized carbons (Fsp3) is 0.391. The quantitative estimate of drug-likeness (QED) is 0.483. The second-order valence-corrected chi connectivity index (χ2v) is 8.93. The standard InChI is InChI=1S/C23H20FN9O/c1-11(13-7-26-19(27-8-13)12-2-3-12)33-22-18(17(6-25)32-33)23(34)31-21(30-22)16-5-4-15(16)20-28-9-14(24)10-29-20/h7-12,15-16H,2-5H2,1H3,(H,30,31,34)/t11?,15-,16-/m1/s1. The minimum absolute atomic E-state index is 0.0182. The first-order valence-electron chi connectivity index (χ1n) is 11.2. The zero-order valence-corrected chi connectivity index (χ0v) is 18.3. The van der Waals surface area contributed by atoms with Gasteiger partial charge in [0.15, 0.2) is 17.2 Å². The average molecular weight is 457 g/mol. The molecule has 0 aromatic carbocycles. The van der Waals surface area contributed by atoms with Crippen LogP contribution in [0.1, 0.15) is 85.1 Å². The Morgan fingerprint density at radius 3 is 2.35 bits per heavy atom. The number of hydrogen-bond acceptors (Lipinski definition) is 8. The van der Waals surface area contributed by atoms with Gasteiger partial charge in [-0.25, -0.2) is 34.0 Å². The highest BCUT2D eigenvalue weighted by Gasteiger charge is 2.38. The third-order valence-corrected chi connectivity index (χ3v) is 6.77. The van der Waals surface area contributed by atoms with Crippen LogP contribution in [0.2, 0.25) is 0 Å². The van der Waals surface area contributed by atoms with Crippen LogP contribution in [0, 0.1) is 17.1 Å². The summed E-state index contributed by atoms with van der Waals surface area (Å²) in [6.45, 7) is 1.91. The van der Waals surface area contributed by atoms with E-state index in [1.54, 1.807) is 17.1 Å². The van der Waals surface area contributed by atoms with Crippen molar-refractivity contribution < 1.29 is 4.39 Å². The molecule has 0 aliphatic heterocycles. The van der Waals surface area contributed by atoms with E-state index in [1.807, 2.05) is 13.0 Å². The van der Waals surface area contributed by atoms with Crippen LogP contribution in [0.25, 0.3) is 11.0 Å². The van der Waals surface area contributed by atoms with Gasteiger partial charge in [0.25, 0.3) is 5.56 Å². The Morgan fingerprint density at radius 1 is 1.06 bits per heavy atom. The Balaban J connectivity index is 1.40. The molecule has 3 atom stereocenters. The second kappa shape index (κ2) is 7.76. The van der Waals surface area contributed by atoms with Crippen molar-refractivity contribution in [3.8, 4) is 6.07 Å². The molecule has 34 heavy (non-hydrogen) atoms. The minimum Gasteiger partial charge on any atom is -0.310 e. The third-order valence-electron chi connectivity index (χ3n) is 6.77. The number of nitrogens with one attached hydrogen (secondary N) is 1. The number of nitrogens with zero attached hydrogens (tertiary/aromatic N) is 8. The van der Waals surface area contributed by atoms with Crippen molar-refractivity contribution in [1.29, 1.82) is 5.26 Å². The van der Waals surface area contributed by atoms with Gasteiger partial charge in [0.1, 0.15) is 28.9 Å². The van der Waals surface area contributed by atoms with Gasteiger partial charge >= 0.3 is 0 Å². The Kier molecular flexibility index (Phi) is 4.69. The maximum atomic E-state index is 13.3. The fourth-order valence-electron chi connectivity index (χ4n) is 4.49. The van der Waals surface area contributed by atoms with Gasteiger partial charge in [-0.15, -0.1) is 0 Å². The van der Waals surface area contributed by atoms with Crippen molar-refractivity contribution in [2.75, 3.05) is 0 Å². The molecular formula is C23H20FN9O. The summed E-state index contributed by atoms with van der Waals surface area (Å²) in [4.78, 5) is 37.8. The summed E-state index contributed by atoms with van der Waals surface area (Å²) in [6.07, 6.45) is 9.65. The zero-order chi connectivity index (χ0) is 23.4. The van der Waals surface area contributed by atoms with E-state index in [9.17, 15) is 14.4 Å². The third kappa shape index (κ3) is 3.34. The van der Waals surface area contributed by atoms with E-state index in [0.29, 0.717) is 23.2 Å². The number of aromatic amines is 1. The lowest BCUT2D eigenvalue weighted by Crippen LogP contribution is -2.28. The van der Waals surface area contributed by atoms with Crippen LogP contribution in [0.4, 0.5) is 4.39 Å². The van der Waals surface area contributed by atoms with Crippen molar-refractivity contribution in [3.63, 3.8) is 0 Å². The van der Waals surface area contributed by atoms with E-state index in [0.717, 1.165) is 49.5 Å². The summed E-state index contributed by atoms with van der Waals surface area (Å²) >= 11 is 0. The predicted octanol–water partition coefficient (Wildman–Crippen LogP) is 2.86. The van der Waals surface area contributed by atoms with Gasteiger partial charge in [-0.3, -0.25) is 4.79 Å². The molecule has 4 heterocycles. The Morgan fingerprint density at radius 2 is 1.74 bits per heavy atom. The molecule has 2 fully saturated rings. The molecule has 0 radical (unpaired) electrons. The molecule has 6 rings (SSSR count). The molecular weight excluding hydrogens is 437 g/mol. The summed E-state index contributed by atoms with van der Waals surface area (Å²) in [7, 11) is 0. The highest BCUT2D eigenvalue weighted by molar-refractivity contribution is 5.80. The van der Waals surface area contributed by atoms with Crippen molar-refractivity contribution in [1.82, 2.24) is 39.7 Å². The molecule has 1 unspecified atom stereocenters. The van der Waals surface area contributed by atoms with E-state index in [1.165, 1.54) is 0 Å². The lowest BCUT2D eigenvalue weighted by molar-refractivity contribution is 0.318. The predicted molar refractivity (Wildman–Crippen MR) is 117 cm³/mol. The fourth-order valence-corrected chi connectivity index (χ4v) is 4.49. The van der Waals surface area contributed by atoms with Crippen molar-refractivity contribution in [2.24, 2.45) is 0 Å². The van der Waals surface area contributed by atoms with Crippen molar-refractivity contribution >= 4 is 11.0 Å². The molecule has 0 spiro atoms. The van der Waals surface area contributed by atoms with Crippen LogP contribution in [0.3, 0.4) is 0 Å². The molecule has 2 saturated carbocycles. The number of nitriles is 1. The molecule has 0 amide bonds. The Labute approximate surface area is 193 Å². The SMILES string of the molecule is CC(c1cnc(C2CC2)nc1)n1nc(C#N)c2c(=O)[nH]c([C@@H]3CC[C@H]3c3ncc(F)cn3)nc21. The zero-order valence-electron chi connectivity index (χ0n) is 18.3. The van der Waals surface area contributed by atoms with E-state index < -0.39 is 11.4 Å². The first-order chi connectivity index (χ1) is 16.5. The normalized spacial score (nSPS) is 20.6. The van der Waals surface area contributed by atoms with Crippen LogP contribution >= 0.6 is 0 Å². The van der Waals surface area contributed by atoms with Crippen LogP contribution in [-0.4, -0.2) is 39.7 Å². The molecule has 0 bridgehead atoms. The van der Waals surface area contributed by atoms with Gasteiger partial charge in [-0.05, 0) is 32.6 Å². The number of fused-ring (bicyclic) bond motifs is 1. The maximum Gasteiger partial charge on any atom is 0.263 e. The lowest BCUT2D eigenvalue weighted by Gasteiger charge is -2.34. The molecule has 2 aliphatic rings. The van der Waals surface area contributed by atoms with Gasteiger partial charge in [-0.2, -0.15) is 10.4 Å². The topological polar surface area (TPSA) is 139 Å². The second-order valence-electron chi connectivity index (χ2n) is 8.93. The first-order valence-corrected chi connectivity index (χ1v) is 11.2. The molecule has 1 N–H and O–H groups in total. The molecule has 2 aliphatic carbocycles. The maximum absolute atomic E-state index is 13.3. The minimum atomic E-state index is -0.497. The number of H-pyrrole nitrogens is 1. The Hall–Kier alpha value is -4.07. The van der Waals surface area contributed by atoms with Crippen LogP contribution in [0.15, 0.2) is 29.6 Å². The van der Waals surface area contributed by atoms with Gasteiger partial charge in [-0.1, -0.05) is 0 Å². The summed E-state index contributed by atoms with van der Waals surface area (Å²) in [6, 6.07) is 1.67. The molecule has 4 aromatic rings. The van der Waals surface area contributed by atoms with Crippen molar-refractivity contribution in [2.45, 2.75) is 56.4 Å². The van der Waals surface area contributed by atoms with E-state index >= 15 is 0 Å². The smallest absolute Gasteiger partial charge is 0.263 e. The summed E-state index contributed by atoms with van der Waals surface area (Å²) in [5.41, 5.74) is 0.744. The molecule has 4 aromatic heterocycles. The van der Waals surface area contributed by atoms with Crippen LogP contribution in [-0.2, 0) is 0 Å². The highest BCUT2D eigenvalue weighted by Crippen LogP contribution is 2.46. The number of halogens is 1. The monoisotopic (exact) mass is 457 g/mol. The molecule has 0 saturated heterocycles. The van der Waals surface area contributed by atoms with E-state index in [2.05, 4.69) is 30.0 Å². The van der Waals surface area contributed by atoms with Crippen LogP contribution < -0.4 is 5.56 Å². The summed E-state index contributed by atoms with van der Waals surface area (Å²) in [5.74, 6) is 1.61. The van der Waals surface area contributed by atoms with Gasteiger partial charge in [0.05, 0.1) is 18.4 Å².